The fraction of sp³-hybridized carbons (Fsp3) is 1.00. The maximum absolute atomic E-state index is 5.67. The molecule has 3 heteroatoms. The molecule has 0 N–H and O–H groups in total. The van der Waals surface area contributed by atoms with Gasteiger partial charge in [-0.1, -0.05) is 0 Å². The minimum absolute atomic E-state index is 0.828. The van der Waals surface area contributed by atoms with Crippen LogP contribution in [0.1, 0.15) is 73.1 Å². The quantitative estimate of drug-likeness (QED) is 0.365. The fourth-order valence-electron chi connectivity index (χ4n) is 4.78. The Bertz CT molecular complexity index is 268. The molecule has 0 bridgehead atoms. The number of ether oxygens (including phenoxy) is 1. The molecule has 0 aromatic heterocycles. The third kappa shape index (κ3) is 6.85. The van der Waals surface area contributed by atoms with Gasteiger partial charge in [-0.2, -0.15) is 0 Å². The standard InChI is InChI=1S/C8H16NO.3C4H9.Sn/c1-8(2)7-9-3-5-10-6-4-9;3*1-3-4-2;/h7-8H,3-6H2,1-2H3;3*1,3-4H2,2H3;. The summed E-state index contributed by atoms with van der Waals surface area (Å²) in [7, 11) is 0. The molecular formula is C20H43NOSn. The van der Waals surface area contributed by atoms with Crippen LogP contribution in [-0.2, 0) is 4.74 Å². The monoisotopic (exact) mass is 433 g/mol. The molecule has 1 fully saturated rings. The van der Waals surface area contributed by atoms with E-state index >= 15 is 0 Å². The van der Waals surface area contributed by atoms with E-state index in [9.17, 15) is 0 Å². The van der Waals surface area contributed by atoms with Gasteiger partial charge < -0.3 is 0 Å². The van der Waals surface area contributed by atoms with Crippen molar-refractivity contribution in [3.63, 3.8) is 0 Å². The zero-order chi connectivity index (χ0) is 17.1. The first-order valence-corrected chi connectivity index (χ1v) is 18.1. The van der Waals surface area contributed by atoms with Gasteiger partial charge in [-0.15, -0.1) is 0 Å². The van der Waals surface area contributed by atoms with Crippen molar-refractivity contribution in [3.05, 3.63) is 0 Å². The van der Waals surface area contributed by atoms with Gasteiger partial charge in [0.2, 0.25) is 0 Å². The van der Waals surface area contributed by atoms with Gasteiger partial charge in [-0.3, -0.25) is 0 Å². The Hall–Kier alpha value is 0.719. The Kier molecular flexibility index (Phi) is 11.5. The van der Waals surface area contributed by atoms with Crippen molar-refractivity contribution < 1.29 is 4.74 Å². The first-order chi connectivity index (χ1) is 11.1. The van der Waals surface area contributed by atoms with E-state index in [0.717, 1.165) is 23.2 Å². The number of hydrogen-bond acceptors (Lipinski definition) is 2. The minimum atomic E-state index is -2.18. The number of unbranched alkanes of at least 4 members (excludes halogenated alkanes) is 3. The van der Waals surface area contributed by atoms with E-state index in [1.807, 2.05) is 0 Å². The summed E-state index contributed by atoms with van der Waals surface area (Å²) in [4.78, 5) is 2.88. The van der Waals surface area contributed by atoms with E-state index in [1.54, 1.807) is 13.3 Å². The van der Waals surface area contributed by atoms with Gasteiger partial charge in [0.1, 0.15) is 0 Å². The average Bonchev–Trinajstić information content (AvgIpc) is 2.56. The Morgan fingerprint density at radius 1 is 0.826 bits per heavy atom. The van der Waals surface area contributed by atoms with E-state index in [-0.39, 0.29) is 0 Å². The molecule has 1 saturated heterocycles. The van der Waals surface area contributed by atoms with E-state index < -0.39 is 18.4 Å². The molecule has 0 aromatic carbocycles. The van der Waals surface area contributed by atoms with Crippen LogP contribution in [-0.4, -0.2) is 53.6 Å². The maximum atomic E-state index is 5.67. The molecule has 0 saturated carbocycles. The van der Waals surface area contributed by atoms with Crippen LogP contribution in [0.5, 0.6) is 0 Å². The van der Waals surface area contributed by atoms with Crippen molar-refractivity contribution in [2.24, 2.45) is 5.92 Å². The Labute approximate surface area is 150 Å². The van der Waals surface area contributed by atoms with Crippen molar-refractivity contribution in [1.29, 1.82) is 0 Å². The van der Waals surface area contributed by atoms with Crippen molar-refractivity contribution in [2.45, 2.75) is 90.5 Å². The van der Waals surface area contributed by atoms with Crippen molar-refractivity contribution in [1.82, 2.24) is 4.90 Å². The van der Waals surface area contributed by atoms with Crippen LogP contribution in [0.3, 0.4) is 0 Å². The molecule has 2 nitrogen and oxygen atoms in total. The summed E-state index contributed by atoms with van der Waals surface area (Å²) < 4.78 is 11.5. The summed E-state index contributed by atoms with van der Waals surface area (Å²) in [5.74, 6) is 0.828. The predicted octanol–water partition coefficient (Wildman–Crippen LogP) is 5.73. The zero-order valence-corrected chi connectivity index (χ0v) is 19.6. The second-order valence-corrected chi connectivity index (χ2v) is 21.8. The second kappa shape index (κ2) is 12.1. The number of nitrogens with zero attached hydrogens (tertiary/aromatic N) is 1. The van der Waals surface area contributed by atoms with Crippen LogP contribution in [0.25, 0.3) is 0 Å². The van der Waals surface area contributed by atoms with E-state index in [2.05, 4.69) is 39.5 Å². The van der Waals surface area contributed by atoms with Crippen LogP contribution < -0.4 is 0 Å². The van der Waals surface area contributed by atoms with Gasteiger partial charge in [0.05, 0.1) is 0 Å². The molecule has 0 spiro atoms. The summed E-state index contributed by atoms with van der Waals surface area (Å²) >= 11 is -2.18. The molecule has 23 heavy (non-hydrogen) atoms. The normalized spacial score (nSPS) is 18.5. The molecule has 1 unspecified atom stereocenters. The Balaban J connectivity index is 3.04. The van der Waals surface area contributed by atoms with Crippen LogP contribution in [0.2, 0.25) is 13.3 Å². The first-order valence-electron chi connectivity index (χ1n) is 10.4. The van der Waals surface area contributed by atoms with Crippen LogP contribution in [0.4, 0.5) is 0 Å². The number of rotatable bonds is 12. The molecule has 1 aliphatic rings. The SMILES string of the molecule is CCC[CH2][Sn]([CH2]CCC)([CH2]CCC)[CH](C(C)C)N1CCOCC1. The van der Waals surface area contributed by atoms with Gasteiger partial charge in [0.15, 0.2) is 0 Å². The van der Waals surface area contributed by atoms with Gasteiger partial charge in [-0.25, -0.2) is 0 Å². The average molecular weight is 432 g/mol. The first kappa shape index (κ1) is 21.8. The molecule has 0 amide bonds. The van der Waals surface area contributed by atoms with Gasteiger partial charge >= 0.3 is 151 Å². The molecule has 0 aromatic rings. The predicted molar refractivity (Wildman–Crippen MR) is 106 cm³/mol. The summed E-state index contributed by atoms with van der Waals surface area (Å²) in [6.45, 7) is 16.5. The summed E-state index contributed by atoms with van der Waals surface area (Å²) in [5, 5.41) is 0. The van der Waals surface area contributed by atoms with Gasteiger partial charge in [0.25, 0.3) is 0 Å². The Morgan fingerprint density at radius 2 is 1.26 bits per heavy atom. The molecule has 0 radical (unpaired) electrons. The molecule has 0 aliphatic carbocycles. The molecule has 138 valence electrons. The van der Waals surface area contributed by atoms with E-state index in [4.69, 9.17) is 4.74 Å². The fourth-order valence-corrected chi connectivity index (χ4v) is 25.5. The van der Waals surface area contributed by atoms with Crippen LogP contribution in [0, 0.1) is 5.92 Å². The molecular weight excluding hydrogens is 389 g/mol. The third-order valence-electron chi connectivity index (χ3n) is 5.78. The van der Waals surface area contributed by atoms with Gasteiger partial charge in [-0.05, 0) is 0 Å². The van der Waals surface area contributed by atoms with Crippen molar-refractivity contribution >= 4 is 18.4 Å². The molecule has 1 aliphatic heterocycles. The van der Waals surface area contributed by atoms with Crippen molar-refractivity contribution in [3.8, 4) is 0 Å². The second-order valence-electron chi connectivity index (χ2n) is 8.01. The summed E-state index contributed by atoms with van der Waals surface area (Å²) in [6.07, 6.45) is 8.59. The summed E-state index contributed by atoms with van der Waals surface area (Å²) in [6, 6.07) is 0. The third-order valence-corrected chi connectivity index (χ3v) is 23.9. The zero-order valence-electron chi connectivity index (χ0n) is 16.7. The molecule has 1 atom stereocenters. The van der Waals surface area contributed by atoms with E-state index in [1.165, 1.54) is 51.6 Å². The number of morpholine rings is 1. The van der Waals surface area contributed by atoms with Crippen LogP contribution >= 0.6 is 0 Å². The molecule has 1 heterocycles. The molecule has 1 rings (SSSR count). The van der Waals surface area contributed by atoms with Gasteiger partial charge in [0, 0.05) is 0 Å². The van der Waals surface area contributed by atoms with Crippen molar-refractivity contribution in [2.75, 3.05) is 26.3 Å². The number of hydrogen-bond donors (Lipinski definition) is 0. The summed E-state index contributed by atoms with van der Waals surface area (Å²) in [5.41, 5.74) is 0. The Morgan fingerprint density at radius 3 is 1.61 bits per heavy atom. The topological polar surface area (TPSA) is 12.5 Å². The van der Waals surface area contributed by atoms with E-state index in [0.29, 0.717) is 0 Å². The van der Waals surface area contributed by atoms with Crippen LogP contribution in [0.15, 0.2) is 0 Å².